The van der Waals surface area contributed by atoms with Crippen LogP contribution in [0.4, 0.5) is 5.82 Å². The highest BCUT2D eigenvalue weighted by Crippen LogP contribution is 2.34. The number of fused-ring (bicyclic) bond motifs is 1. The first-order chi connectivity index (χ1) is 10.4. The summed E-state index contributed by atoms with van der Waals surface area (Å²) in [5.74, 6) is 1.06. The Bertz CT molecular complexity index is 589. The van der Waals surface area contributed by atoms with E-state index in [9.17, 15) is 5.26 Å². The molecule has 0 bridgehead atoms. The molecule has 0 spiro atoms. The van der Waals surface area contributed by atoms with Crippen LogP contribution in [0.25, 0.3) is 0 Å². The van der Waals surface area contributed by atoms with Gasteiger partial charge >= 0.3 is 0 Å². The molecule has 5 nitrogen and oxygen atoms in total. The van der Waals surface area contributed by atoms with Gasteiger partial charge in [0.1, 0.15) is 11.9 Å². The van der Waals surface area contributed by atoms with Gasteiger partial charge in [0.05, 0.1) is 24.4 Å². The van der Waals surface area contributed by atoms with Crippen molar-refractivity contribution in [3.05, 3.63) is 22.4 Å². The first kappa shape index (κ1) is 16.7. The van der Waals surface area contributed by atoms with Gasteiger partial charge in [0.25, 0.3) is 0 Å². The average molecular weight is 303 g/mol. The number of pyridine rings is 1. The first-order valence-corrected chi connectivity index (χ1v) is 7.81. The van der Waals surface area contributed by atoms with E-state index in [1.165, 1.54) is 0 Å². The molecule has 2 rings (SSSR count). The predicted octanol–water partition coefficient (Wildman–Crippen LogP) is 2.41. The number of nitrogens with zero attached hydrogens (tertiary/aromatic N) is 2. The molecule has 0 aliphatic carbocycles. The van der Waals surface area contributed by atoms with Crippen LogP contribution < -0.4 is 5.32 Å². The van der Waals surface area contributed by atoms with Crippen molar-refractivity contribution in [3.63, 3.8) is 0 Å². The summed E-state index contributed by atoms with van der Waals surface area (Å²) in [6, 6.07) is 2.29. The van der Waals surface area contributed by atoms with Crippen LogP contribution in [0, 0.1) is 17.2 Å². The van der Waals surface area contributed by atoms with Crippen LogP contribution in [-0.2, 0) is 24.2 Å². The molecule has 22 heavy (non-hydrogen) atoms. The maximum absolute atomic E-state index is 9.58. The van der Waals surface area contributed by atoms with Crippen molar-refractivity contribution >= 4 is 5.82 Å². The molecule has 1 aliphatic rings. The molecule has 0 fully saturated rings. The maximum Gasteiger partial charge on any atom is 0.144 e. The van der Waals surface area contributed by atoms with Gasteiger partial charge in [-0.1, -0.05) is 13.8 Å². The van der Waals surface area contributed by atoms with Crippen LogP contribution in [0.2, 0.25) is 0 Å². The minimum Gasteiger partial charge on any atom is -0.395 e. The van der Waals surface area contributed by atoms with E-state index in [2.05, 4.69) is 30.2 Å². The van der Waals surface area contributed by atoms with Crippen LogP contribution in [0.3, 0.4) is 0 Å². The average Bonchev–Trinajstić information content (AvgIpc) is 2.43. The van der Waals surface area contributed by atoms with E-state index in [1.807, 2.05) is 13.8 Å². The van der Waals surface area contributed by atoms with E-state index in [1.54, 1.807) is 0 Å². The third-order valence-corrected chi connectivity index (χ3v) is 3.83. The van der Waals surface area contributed by atoms with Crippen LogP contribution in [-0.4, -0.2) is 28.8 Å². The zero-order chi connectivity index (χ0) is 16.3. The fraction of sp³-hybridized carbons (Fsp3) is 0.647. The Morgan fingerprint density at radius 3 is 2.73 bits per heavy atom. The van der Waals surface area contributed by atoms with E-state index in [-0.39, 0.29) is 12.2 Å². The zero-order valence-corrected chi connectivity index (χ0v) is 13.9. The van der Waals surface area contributed by atoms with E-state index < -0.39 is 0 Å². The number of aliphatic hydroxyl groups is 1. The van der Waals surface area contributed by atoms with Gasteiger partial charge < -0.3 is 15.2 Å². The van der Waals surface area contributed by atoms with Crippen molar-refractivity contribution in [2.75, 3.05) is 18.5 Å². The maximum atomic E-state index is 9.58. The highest BCUT2D eigenvalue weighted by atomic mass is 16.5. The molecule has 0 amide bonds. The SMILES string of the molecule is CC(C)Cc1nc(NCCO)c(C#N)c2c1COC(C)(C)C2. The molecule has 2 N–H and O–H groups in total. The largest absolute Gasteiger partial charge is 0.395 e. The molecule has 0 aromatic carbocycles. The van der Waals surface area contributed by atoms with Gasteiger partial charge in [0.15, 0.2) is 0 Å². The molecular formula is C17H25N3O2. The second-order valence-corrected chi connectivity index (χ2v) is 6.82. The molecule has 1 aromatic heterocycles. The number of ether oxygens (including phenoxy) is 1. The van der Waals surface area contributed by atoms with Crippen molar-refractivity contribution in [1.29, 1.82) is 5.26 Å². The molecule has 0 atom stereocenters. The molecule has 1 aliphatic heterocycles. The highest BCUT2D eigenvalue weighted by Gasteiger charge is 2.31. The standard InChI is InChI=1S/C17H25N3O2/c1-11(2)7-15-14-10-22-17(3,4)8-12(14)13(9-18)16(20-15)19-5-6-21/h11,21H,5-8,10H2,1-4H3,(H,19,20). The third kappa shape index (κ3) is 3.57. The summed E-state index contributed by atoms with van der Waals surface area (Å²) in [7, 11) is 0. The monoisotopic (exact) mass is 303 g/mol. The van der Waals surface area contributed by atoms with Crippen molar-refractivity contribution in [2.24, 2.45) is 5.92 Å². The molecule has 0 saturated heterocycles. The topological polar surface area (TPSA) is 78.2 Å². The lowest BCUT2D eigenvalue weighted by molar-refractivity contribution is -0.0407. The normalized spacial score (nSPS) is 16.2. The molecule has 0 unspecified atom stereocenters. The molecule has 0 radical (unpaired) electrons. The Labute approximate surface area is 132 Å². The second kappa shape index (κ2) is 6.64. The summed E-state index contributed by atoms with van der Waals surface area (Å²) in [6.45, 7) is 9.30. The van der Waals surface area contributed by atoms with Gasteiger partial charge in [-0.3, -0.25) is 0 Å². The van der Waals surface area contributed by atoms with Gasteiger partial charge in [-0.2, -0.15) is 5.26 Å². The summed E-state index contributed by atoms with van der Waals surface area (Å²) < 4.78 is 5.92. The number of rotatable bonds is 5. The zero-order valence-electron chi connectivity index (χ0n) is 13.9. The van der Waals surface area contributed by atoms with Crippen molar-refractivity contribution in [2.45, 2.75) is 52.7 Å². The van der Waals surface area contributed by atoms with E-state index in [0.29, 0.717) is 36.9 Å². The summed E-state index contributed by atoms with van der Waals surface area (Å²) in [5.41, 5.74) is 3.43. The molecular weight excluding hydrogens is 278 g/mol. The van der Waals surface area contributed by atoms with Crippen LogP contribution in [0.5, 0.6) is 0 Å². The van der Waals surface area contributed by atoms with E-state index in [4.69, 9.17) is 9.84 Å². The lowest BCUT2D eigenvalue weighted by Crippen LogP contribution is -2.34. The summed E-state index contributed by atoms with van der Waals surface area (Å²) in [4.78, 5) is 4.66. The number of nitriles is 1. The van der Waals surface area contributed by atoms with Crippen LogP contribution in [0.1, 0.15) is 50.1 Å². The summed E-state index contributed by atoms with van der Waals surface area (Å²) >= 11 is 0. The Balaban J connectivity index is 2.55. The molecule has 120 valence electrons. The number of anilines is 1. The van der Waals surface area contributed by atoms with Crippen molar-refractivity contribution in [1.82, 2.24) is 4.98 Å². The fourth-order valence-corrected chi connectivity index (χ4v) is 2.81. The Hall–Kier alpha value is -1.64. The Kier molecular flexibility index (Phi) is 5.05. The lowest BCUT2D eigenvalue weighted by Gasteiger charge is -2.34. The minimum absolute atomic E-state index is 0.0117. The lowest BCUT2D eigenvalue weighted by atomic mass is 9.87. The van der Waals surface area contributed by atoms with Crippen molar-refractivity contribution in [3.8, 4) is 6.07 Å². The van der Waals surface area contributed by atoms with Gasteiger partial charge in [-0.25, -0.2) is 4.98 Å². The van der Waals surface area contributed by atoms with Crippen LogP contribution in [0.15, 0.2) is 0 Å². The summed E-state index contributed by atoms with van der Waals surface area (Å²) in [6.07, 6.45) is 1.55. The minimum atomic E-state index is -0.275. The smallest absolute Gasteiger partial charge is 0.144 e. The van der Waals surface area contributed by atoms with Crippen LogP contribution >= 0.6 is 0 Å². The van der Waals surface area contributed by atoms with E-state index in [0.717, 1.165) is 23.2 Å². The molecule has 1 aromatic rings. The Morgan fingerprint density at radius 1 is 1.41 bits per heavy atom. The molecule has 2 heterocycles. The Morgan fingerprint density at radius 2 is 2.14 bits per heavy atom. The number of aromatic nitrogens is 1. The molecule has 0 saturated carbocycles. The summed E-state index contributed by atoms with van der Waals surface area (Å²) in [5, 5.41) is 21.7. The fourth-order valence-electron chi connectivity index (χ4n) is 2.81. The number of nitrogens with one attached hydrogen (secondary N) is 1. The van der Waals surface area contributed by atoms with Gasteiger partial charge in [-0.15, -0.1) is 0 Å². The van der Waals surface area contributed by atoms with Gasteiger partial charge in [0.2, 0.25) is 0 Å². The van der Waals surface area contributed by atoms with Crippen molar-refractivity contribution < 1.29 is 9.84 Å². The number of hydrogen-bond donors (Lipinski definition) is 2. The van der Waals surface area contributed by atoms with E-state index >= 15 is 0 Å². The quantitative estimate of drug-likeness (QED) is 0.873. The predicted molar refractivity (Wildman–Crippen MR) is 85.6 cm³/mol. The highest BCUT2D eigenvalue weighted by molar-refractivity contribution is 5.60. The van der Waals surface area contributed by atoms with Gasteiger partial charge in [0, 0.05) is 24.2 Å². The number of aliphatic hydroxyl groups excluding tert-OH is 1. The molecule has 5 heteroatoms. The second-order valence-electron chi connectivity index (χ2n) is 6.82. The number of hydrogen-bond acceptors (Lipinski definition) is 5. The first-order valence-electron chi connectivity index (χ1n) is 7.81. The third-order valence-electron chi connectivity index (χ3n) is 3.83. The van der Waals surface area contributed by atoms with Gasteiger partial charge in [-0.05, 0) is 31.7 Å².